The van der Waals surface area contributed by atoms with Crippen molar-refractivity contribution >= 4 is 34.7 Å². The summed E-state index contributed by atoms with van der Waals surface area (Å²) in [5.74, 6) is 1.51. The molecule has 0 spiro atoms. The Morgan fingerprint density at radius 1 is 1.07 bits per heavy atom. The Morgan fingerprint density at radius 2 is 1.85 bits per heavy atom. The Labute approximate surface area is 171 Å². The van der Waals surface area contributed by atoms with E-state index in [2.05, 4.69) is 46.8 Å². The van der Waals surface area contributed by atoms with Gasteiger partial charge in [0.25, 0.3) is 0 Å². The number of thiazole rings is 1. The highest BCUT2D eigenvalue weighted by molar-refractivity contribution is 7.98. The van der Waals surface area contributed by atoms with Gasteiger partial charge >= 0.3 is 0 Å². The largest absolute Gasteiger partial charge is 0.305 e. The molecule has 0 aliphatic carbocycles. The van der Waals surface area contributed by atoms with Gasteiger partial charge in [-0.15, -0.1) is 21.5 Å². The Kier molecular flexibility index (Phi) is 5.29. The Hall–Kier alpha value is -2.15. The number of thioether (sulfide) groups is 1. The van der Waals surface area contributed by atoms with Crippen LogP contribution in [0, 0.1) is 6.92 Å². The second-order valence-corrected chi connectivity index (χ2v) is 8.35. The third-order valence-electron chi connectivity index (χ3n) is 4.15. The van der Waals surface area contributed by atoms with Crippen molar-refractivity contribution in [3.05, 3.63) is 70.2 Å². The third-order valence-corrected chi connectivity index (χ3v) is 6.47. The molecular weight excluding hydrogens is 396 g/mol. The van der Waals surface area contributed by atoms with Gasteiger partial charge in [0.15, 0.2) is 11.0 Å². The van der Waals surface area contributed by atoms with Gasteiger partial charge in [-0.25, -0.2) is 4.98 Å². The van der Waals surface area contributed by atoms with Gasteiger partial charge in [0.2, 0.25) is 0 Å². The van der Waals surface area contributed by atoms with Gasteiger partial charge in [0.05, 0.1) is 10.7 Å². The van der Waals surface area contributed by atoms with Crippen LogP contribution in [0.5, 0.6) is 0 Å². The van der Waals surface area contributed by atoms with Crippen molar-refractivity contribution in [1.82, 2.24) is 19.7 Å². The van der Waals surface area contributed by atoms with E-state index in [0.29, 0.717) is 5.02 Å². The highest BCUT2D eigenvalue weighted by Crippen LogP contribution is 2.30. The van der Waals surface area contributed by atoms with E-state index in [1.165, 1.54) is 5.56 Å². The second-order valence-electron chi connectivity index (χ2n) is 6.14. The summed E-state index contributed by atoms with van der Waals surface area (Å²) in [5, 5.41) is 13.3. The molecule has 0 N–H and O–H groups in total. The number of hydrogen-bond donors (Lipinski definition) is 0. The molecule has 0 aliphatic rings. The van der Waals surface area contributed by atoms with Crippen molar-refractivity contribution in [3.8, 4) is 22.0 Å². The highest BCUT2D eigenvalue weighted by Gasteiger charge is 2.14. The van der Waals surface area contributed by atoms with Gasteiger partial charge in [-0.2, -0.15) is 0 Å². The van der Waals surface area contributed by atoms with E-state index < -0.39 is 0 Å². The van der Waals surface area contributed by atoms with Crippen LogP contribution in [0.25, 0.3) is 22.0 Å². The summed E-state index contributed by atoms with van der Waals surface area (Å²) in [7, 11) is 1.96. The summed E-state index contributed by atoms with van der Waals surface area (Å²) in [5.41, 5.74) is 4.34. The van der Waals surface area contributed by atoms with Crippen LogP contribution in [-0.2, 0) is 12.8 Å². The minimum atomic E-state index is 0.673. The molecule has 4 aromatic rings. The first-order valence-corrected chi connectivity index (χ1v) is 10.6. The summed E-state index contributed by atoms with van der Waals surface area (Å²) in [6, 6.07) is 16.1. The van der Waals surface area contributed by atoms with E-state index in [1.807, 2.05) is 35.9 Å². The first kappa shape index (κ1) is 18.2. The zero-order chi connectivity index (χ0) is 18.8. The van der Waals surface area contributed by atoms with Crippen LogP contribution in [0.1, 0.15) is 11.3 Å². The van der Waals surface area contributed by atoms with E-state index in [9.17, 15) is 0 Å². The molecule has 0 saturated carbocycles. The fourth-order valence-corrected chi connectivity index (χ4v) is 4.61. The lowest BCUT2D eigenvalue weighted by Gasteiger charge is -2.04. The number of hydrogen-bond acceptors (Lipinski definition) is 5. The van der Waals surface area contributed by atoms with Gasteiger partial charge in [0, 0.05) is 29.3 Å². The number of halogens is 1. The maximum absolute atomic E-state index is 6.29. The zero-order valence-corrected chi connectivity index (χ0v) is 17.3. The van der Waals surface area contributed by atoms with Crippen LogP contribution in [0.2, 0.25) is 5.02 Å². The average Bonchev–Trinajstić information content (AvgIpc) is 3.28. The monoisotopic (exact) mass is 412 g/mol. The van der Waals surface area contributed by atoms with Crippen LogP contribution < -0.4 is 0 Å². The summed E-state index contributed by atoms with van der Waals surface area (Å²) >= 11 is 9.58. The van der Waals surface area contributed by atoms with Crippen LogP contribution >= 0.6 is 34.7 Å². The highest BCUT2D eigenvalue weighted by atomic mass is 35.5. The lowest BCUT2D eigenvalue weighted by molar-refractivity contribution is 0.793. The summed E-state index contributed by atoms with van der Waals surface area (Å²) < 4.78 is 1.97. The molecule has 0 atom stereocenters. The van der Waals surface area contributed by atoms with Crippen molar-refractivity contribution in [2.75, 3.05) is 0 Å². The second kappa shape index (κ2) is 7.84. The molecule has 136 valence electrons. The van der Waals surface area contributed by atoms with Crippen molar-refractivity contribution in [3.63, 3.8) is 0 Å². The van der Waals surface area contributed by atoms with Crippen LogP contribution in [0.15, 0.2) is 59.1 Å². The Bertz CT molecular complexity index is 1070. The summed E-state index contributed by atoms with van der Waals surface area (Å²) in [6.45, 7) is 2.09. The molecule has 0 amide bonds. The number of aryl methyl sites for hydroxylation is 1. The SMILES string of the molecule is Cc1ccc(-c2nc(CSc3nnc(-c4ccccc4Cl)n3C)cs2)cc1. The quantitative estimate of drug-likeness (QED) is 0.385. The van der Waals surface area contributed by atoms with Gasteiger partial charge in [-0.05, 0) is 19.1 Å². The molecule has 2 heterocycles. The molecule has 4 nitrogen and oxygen atoms in total. The molecule has 7 heteroatoms. The molecule has 2 aromatic carbocycles. The molecule has 0 radical (unpaired) electrons. The van der Waals surface area contributed by atoms with Crippen molar-refractivity contribution in [2.45, 2.75) is 17.8 Å². The topological polar surface area (TPSA) is 43.6 Å². The predicted octanol–water partition coefficient (Wildman–Crippen LogP) is 5.86. The Morgan fingerprint density at radius 3 is 2.63 bits per heavy atom. The van der Waals surface area contributed by atoms with E-state index in [1.54, 1.807) is 23.1 Å². The van der Waals surface area contributed by atoms with Gasteiger partial charge < -0.3 is 4.57 Å². The maximum atomic E-state index is 6.29. The zero-order valence-electron chi connectivity index (χ0n) is 14.9. The van der Waals surface area contributed by atoms with E-state index >= 15 is 0 Å². The first-order chi connectivity index (χ1) is 13.1. The summed E-state index contributed by atoms with van der Waals surface area (Å²) in [6.07, 6.45) is 0. The van der Waals surface area contributed by atoms with Crippen molar-refractivity contribution in [1.29, 1.82) is 0 Å². The van der Waals surface area contributed by atoms with Crippen molar-refractivity contribution in [2.24, 2.45) is 7.05 Å². The number of aromatic nitrogens is 4. The first-order valence-electron chi connectivity index (χ1n) is 8.40. The lowest BCUT2D eigenvalue weighted by Crippen LogP contribution is -1.95. The van der Waals surface area contributed by atoms with Gasteiger partial charge in [0.1, 0.15) is 5.01 Å². The summed E-state index contributed by atoms with van der Waals surface area (Å²) in [4.78, 5) is 4.75. The smallest absolute Gasteiger partial charge is 0.191 e. The number of rotatable bonds is 5. The molecule has 0 fully saturated rings. The minimum absolute atomic E-state index is 0.673. The molecular formula is C20H17ClN4S2. The van der Waals surface area contributed by atoms with E-state index in [0.717, 1.165) is 38.6 Å². The molecule has 0 unspecified atom stereocenters. The molecule has 27 heavy (non-hydrogen) atoms. The van der Waals surface area contributed by atoms with Crippen molar-refractivity contribution < 1.29 is 0 Å². The number of nitrogens with zero attached hydrogens (tertiary/aromatic N) is 4. The number of benzene rings is 2. The third kappa shape index (κ3) is 3.93. The van der Waals surface area contributed by atoms with Gasteiger partial charge in [-0.3, -0.25) is 0 Å². The molecule has 0 bridgehead atoms. The van der Waals surface area contributed by atoms with Crippen LogP contribution in [-0.4, -0.2) is 19.7 Å². The fraction of sp³-hybridized carbons (Fsp3) is 0.150. The maximum Gasteiger partial charge on any atom is 0.191 e. The molecule has 0 aliphatic heterocycles. The van der Waals surface area contributed by atoms with Gasteiger partial charge in [-0.1, -0.05) is 65.3 Å². The van der Waals surface area contributed by atoms with Crippen LogP contribution in [0.3, 0.4) is 0 Å². The normalized spacial score (nSPS) is 11.1. The molecule has 0 saturated heterocycles. The van der Waals surface area contributed by atoms with E-state index in [-0.39, 0.29) is 0 Å². The van der Waals surface area contributed by atoms with E-state index in [4.69, 9.17) is 16.6 Å². The molecule has 4 rings (SSSR count). The average molecular weight is 413 g/mol. The predicted molar refractivity (Wildman–Crippen MR) is 113 cm³/mol. The fourth-order valence-electron chi connectivity index (χ4n) is 2.66. The Balaban J connectivity index is 1.49. The standard InChI is InChI=1S/C20H17ClN4S2/c1-13-7-9-14(10-8-13)19-22-15(11-26-19)12-27-20-24-23-18(25(20)2)16-5-3-4-6-17(16)21/h3-11H,12H2,1-2H3. The molecule has 2 aromatic heterocycles. The van der Waals surface area contributed by atoms with Crippen LogP contribution in [0.4, 0.5) is 0 Å². The lowest BCUT2D eigenvalue weighted by atomic mass is 10.2. The minimum Gasteiger partial charge on any atom is -0.305 e.